The number of methoxy groups -OCH3 is 1. The summed E-state index contributed by atoms with van der Waals surface area (Å²) in [7, 11) is 1.51. The maximum absolute atomic E-state index is 14.1. The monoisotopic (exact) mass is 455 g/mol. The van der Waals surface area contributed by atoms with E-state index in [0.717, 1.165) is 5.52 Å². The summed E-state index contributed by atoms with van der Waals surface area (Å²) in [5.41, 5.74) is 0.491. The van der Waals surface area contributed by atoms with Crippen molar-refractivity contribution in [3.8, 4) is 5.75 Å². The first-order valence-corrected chi connectivity index (χ1v) is 10.8. The SMILES string of the molecule is COc1ccc(C2(C(=O)N3CCC[C@@H]3C(=O)Nc3ccc4[nH]ncc4n3)CC(F)(F)C2)cc1. The van der Waals surface area contributed by atoms with E-state index in [0.29, 0.717) is 42.0 Å². The summed E-state index contributed by atoms with van der Waals surface area (Å²) in [6, 6.07) is 9.27. The van der Waals surface area contributed by atoms with Gasteiger partial charge in [-0.05, 0) is 42.7 Å². The van der Waals surface area contributed by atoms with E-state index >= 15 is 0 Å². The predicted octanol–water partition coefficient (Wildman–Crippen LogP) is 3.26. The number of nitrogens with one attached hydrogen (secondary N) is 2. The van der Waals surface area contributed by atoms with Gasteiger partial charge in [0, 0.05) is 19.4 Å². The van der Waals surface area contributed by atoms with E-state index < -0.39 is 36.1 Å². The predicted molar refractivity (Wildman–Crippen MR) is 116 cm³/mol. The molecule has 1 saturated carbocycles. The molecule has 1 aliphatic carbocycles. The normalized spacial score (nSPS) is 20.9. The van der Waals surface area contributed by atoms with Crippen molar-refractivity contribution in [1.82, 2.24) is 20.1 Å². The van der Waals surface area contributed by atoms with Crippen LogP contribution in [0.5, 0.6) is 5.75 Å². The van der Waals surface area contributed by atoms with E-state index in [1.165, 1.54) is 12.0 Å². The van der Waals surface area contributed by atoms with Crippen LogP contribution in [0.25, 0.3) is 11.0 Å². The molecule has 8 nitrogen and oxygen atoms in total. The van der Waals surface area contributed by atoms with Gasteiger partial charge in [0.15, 0.2) is 0 Å². The highest BCUT2D eigenvalue weighted by atomic mass is 19.3. The number of pyridine rings is 1. The Hall–Kier alpha value is -3.56. The number of H-pyrrole nitrogens is 1. The van der Waals surface area contributed by atoms with Crippen molar-refractivity contribution in [1.29, 1.82) is 0 Å². The van der Waals surface area contributed by atoms with Crippen molar-refractivity contribution in [3.63, 3.8) is 0 Å². The van der Waals surface area contributed by atoms with Crippen molar-refractivity contribution in [2.24, 2.45) is 0 Å². The molecule has 2 N–H and O–H groups in total. The summed E-state index contributed by atoms with van der Waals surface area (Å²) in [6.45, 7) is 0.342. The maximum atomic E-state index is 14.1. The fourth-order valence-corrected chi connectivity index (χ4v) is 4.89. The number of aromatic nitrogens is 3. The molecular formula is C23H23F2N5O3. The van der Waals surface area contributed by atoms with Crippen molar-refractivity contribution >= 4 is 28.7 Å². The lowest BCUT2D eigenvalue weighted by Crippen LogP contribution is -2.60. The van der Waals surface area contributed by atoms with Crippen LogP contribution in [0.15, 0.2) is 42.6 Å². The number of anilines is 1. The second-order valence-electron chi connectivity index (χ2n) is 8.67. The van der Waals surface area contributed by atoms with Gasteiger partial charge in [-0.1, -0.05) is 12.1 Å². The van der Waals surface area contributed by atoms with Gasteiger partial charge >= 0.3 is 0 Å². The van der Waals surface area contributed by atoms with E-state index in [2.05, 4.69) is 20.5 Å². The maximum Gasteiger partial charge on any atom is 0.250 e. The molecule has 3 aromatic rings. The Morgan fingerprint density at radius 3 is 2.64 bits per heavy atom. The lowest BCUT2D eigenvalue weighted by molar-refractivity contribution is -0.169. The van der Waals surface area contributed by atoms with Crippen LogP contribution in [0.2, 0.25) is 0 Å². The van der Waals surface area contributed by atoms with Crippen LogP contribution in [0.1, 0.15) is 31.2 Å². The number of carbonyl (C=O) groups is 2. The first-order valence-electron chi connectivity index (χ1n) is 10.8. The Kier molecular flexibility index (Phi) is 5.02. The largest absolute Gasteiger partial charge is 0.497 e. The molecule has 3 heterocycles. The fourth-order valence-electron chi connectivity index (χ4n) is 4.89. The molecule has 1 atom stereocenters. The molecule has 1 aromatic carbocycles. The molecule has 5 rings (SSSR count). The van der Waals surface area contributed by atoms with Gasteiger partial charge in [-0.15, -0.1) is 0 Å². The topological polar surface area (TPSA) is 100 Å². The van der Waals surface area contributed by atoms with Gasteiger partial charge in [-0.2, -0.15) is 5.10 Å². The third-order valence-corrected chi connectivity index (χ3v) is 6.54. The van der Waals surface area contributed by atoms with Crippen LogP contribution in [0, 0.1) is 0 Å². The number of carbonyl (C=O) groups excluding carboxylic acids is 2. The number of likely N-dealkylation sites (tertiary alicyclic amines) is 1. The Bertz CT molecular complexity index is 1200. The molecule has 2 amide bonds. The van der Waals surface area contributed by atoms with Crippen LogP contribution >= 0.6 is 0 Å². The van der Waals surface area contributed by atoms with E-state index in [9.17, 15) is 18.4 Å². The molecule has 0 spiro atoms. The second-order valence-corrected chi connectivity index (χ2v) is 8.67. The highest BCUT2D eigenvalue weighted by Crippen LogP contribution is 2.55. The third kappa shape index (κ3) is 3.69. The smallest absolute Gasteiger partial charge is 0.250 e. The number of nitrogens with zero attached hydrogens (tertiary/aromatic N) is 3. The number of amides is 2. The molecule has 172 valence electrons. The van der Waals surface area contributed by atoms with Gasteiger partial charge in [0.1, 0.15) is 23.1 Å². The molecule has 2 fully saturated rings. The number of aromatic amines is 1. The van der Waals surface area contributed by atoms with Crippen LogP contribution in [0.4, 0.5) is 14.6 Å². The highest BCUT2D eigenvalue weighted by molar-refractivity contribution is 5.99. The fraction of sp³-hybridized carbons (Fsp3) is 0.391. The van der Waals surface area contributed by atoms with Crippen molar-refractivity contribution < 1.29 is 23.1 Å². The standard InChI is InChI=1S/C23H23F2N5O3/c1-33-15-6-4-14(5-7-15)22(12-23(24,25)13-22)21(32)30-10-2-3-18(30)20(31)28-19-9-8-16-17(27-19)11-26-29-16/h4-9,11,18H,2-3,10,12-13H2,1H3,(H,26,29)(H,27,28,31)/t18-/m1/s1. The molecule has 10 heteroatoms. The number of benzene rings is 1. The molecule has 2 aromatic heterocycles. The zero-order valence-corrected chi connectivity index (χ0v) is 18.0. The Morgan fingerprint density at radius 2 is 1.94 bits per heavy atom. The third-order valence-electron chi connectivity index (χ3n) is 6.54. The lowest BCUT2D eigenvalue weighted by Gasteiger charge is -2.48. The first-order chi connectivity index (χ1) is 15.8. The average Bonchev–Trinajstić information content (AvgIpc) is 3.46. The van der Waals surface area contributed by atoms with E-state index in [-0.39, 0.29) is 5.91 Å². The van der Waals surface area contributed by atoms with E-state index in [1.807, 2.05) is 0 Å². The van der Waals surface area contributed by atoms with Crippen molar-refractivity contribution in [2.45, 2.75) is 43.1 Å². The van der Waals surface area contributed by atoms with E-state index in [4.69, 9.17) is 4.74 Å². The number of rotatable bonds is 5. The molecule has 1 saturated heterocycles. The first kappa shape index (κ1) is 21.3. The van der Waals surface area contributed by atoms with Gasteiger partial charge < -0.3 is 15.0 Å². The number of alkyl halides is 2. The Balaban J connectivity index is 1.38. The molecule has 0 radical (unpaired) electrons. The summed E-state index contributed by atoms with van der Waals surface area (Å²) in [6.07, 6.45) is 1.48. The molecule has 2 aliphatic rings. The highest BCUT2D eigenvalue weighted by Gasteiger charge is 2.63. The number of hydrogen-bond acceptors (Lipinski definition) is 5. The van der Waals surface area contributed by atoms with Crippen LogP contribution in [-0.4, -0.2) is 57.5 Å². The Morgan fingerprint density at radius 1 is 1.18 bits per heavy atom. The van der Waals surface area contributed by atoms with Crippen LogP contribution in [0.3, 0.4) is 0 Å². The number of halogens is 2. The van der Waals surface area contributed by atoms with Gasteiger partial charge in [0.25, 0.3) is 5.92 Å². The average molecular weight is 455 g/mol. The zero-order valence-electron chi connectivity index (χ0n) is 18.0. The van der Waals surface area contributed by atoms with Crippen molar-refractivity contribution in [2.75, 3.05) is 19.0 Å². The molecule has 0 bridgehead atoms. The van der Waals surface area contributed by atoms with Gasteiger partial charge in [0.2, 0.25) is 11.8 Å². The summed E-state index contributed by atoms with van der Waals surface area (Å²) < 4.78 is 33.3. The molecule has 1 aliphatic heterocycles. The molecule has 0 unspecified atom stereocenters. The Labute approximate surface area is 188 Å². The lowest BCUT2D eigenvalue weighted by atomic mass is 9.61. The quantitative estimate of drug-likeness (QED) is 0.615. The summed E-state index contributed by atoms with van der Waals surface area (Å²) in [5.74, 6) is -2.82. The van der Waals surface area contributed by atoms with Crippen molar-refractivity contribution in [3.05, 3.63) is 48.2 Å². The summed E-state index contributed by atoms with van der Waals surface area (Å²) in [5, 5.41) is 9.45. The minimum absolute atomic E-state index is 0.341. The minimum Gasteiger partial charge on any atom is -0.497 e. The summed E-state index contributed by atoms with van der Waals surface area (Å²) >= 11 is 0. The van der Waals surface area contributed by atoms with Gasteiger partial charge in [0.05, 0.1) is 24.2 Å². The number of hydrogen-bond donors (Lipinski definition) is 2. The molecular weight excluding hydrogens is 432 g/mol. The van der Waals surface area contributed by atoms with Gasteiger partial charge in [-0.3, -0.25) is 14.7 Å². The molecule has 33 heavy (non-hydrogen) atoms. The minimum atomic E-state index is -2.92. The van der Waals surface area contributed by atoms with E-state index in [1.54, 1.807) is 42.6 Å². The van der Waals surface area contributed by atoms with Gasteiger partial charge in [-0.25, -0.2) is 13.8 Å². The van der Waals surface area contributed by atoms with Crippen LogP contribution < -0.4 is 10.1 Å². The summed E-state index contributed by atoms with van der Waals surface area (Å²) in [4.78, 5) is 32.5. The van der Waals surface area contributed by atoms with Crippen LogP contribution in [-0.2, 0) is 15.0 Å². The second kappa shape index (κ2) is 7.79. The zero-order chi connectivity index (χ0) is 23.2. The number of ether oxygens (including phenoxy) is 1. The number of fused-ring (bicyclic) bond motifs is 1.